The van der Waals surface area contributed by atoms with E-state index < -0.39 is 0 Å². The summed E-state index contributed by atoms with van der Waals surface area (Å²) in [5.74, 6) is 3.04. The first kappa shape index (κ1) is 20.8. The molecule has 0 radical (unpaired) electrons. The number of hydrogen-bond donors (Lipinski definition) is 1. The average molecular weight is 383 g/mol. The molecule has 0 aliphatic heterocycles. The van der Waals surface area contributed by atoms with Gasteiger partial charge in [0, 0.05) is 12.1 Å². The minimum absolute atomic E-state index is 0.0928. The molecule has 1 heterocycles. The Labute approximate surface area is 165 Å². The molecule has 0 bridgehead atoms. The molecule has 0 saturated carbocycles. The van der Waals surface area contributed by atoms with Gasteiger partial charge >= 0.3 is 0 Å². The van der Waals surface area contributed by atoms with E-state index in [-0.39, 0.29) is 23.1 Å². The largest absolute Gasteiger partial charge is 0.344 e. The van der Waals surface area contributed by atoms with Crippen molar-refractivity contribution in [3.63, 3.8) is 0 Å². The average Bonchev–Trinajstić information content (AvgIpc) is 3.01. The summed E-state index contributed by atoms with van der Waals surface area (Å²) in [5.41, 5.74) is 2.33. The van der Waals surface area contributed by atoms with Gasteiger partial charge in [-0.2, -0.15) is 0 Å². The third-order valence-corrected chi connectivity index (χ3v) is 5.13. The molecule has 0 saturated heterocycles. The second kappa shape index (κ2) is 8.92. The fraction of sp³-hybridized carbons (Fsp3) is 0.381. The van der Waals surface area contributed by atoms with E-state index in [1.807, 2.05) is 11.5 Å². The van der Waals surface area contributed by atoms with Crippen LogP contribution >= 0.6 is 11.8 Å². The van der Waals surface area contributed by atoms with Gasteiger partial charge in [0.2, 0.25) is 5.91 Å². The van der Waals surface area contributed by atoms with Crippen LogP contribution in [0.25, 0.3) is 11.4 Å². The second-order valence-corrected chi connectivity index (χ2v) is 8.52. The fourth-order valence-corrected chi connectivity index (χ4v) is 3.38. The number of nitrogens with zero attached hydrogens (tertiary/aromatic N) is 3. The van der Waals surface area contributed by atoms with Crippen LogP contribution in [0.15, 0.2) is 42.1 Å². The van der Waals surface area contributed by atoms with E-state index in [9.17, 15) is 4.79 Å². The van der Waals surface area contributed by atoms with Gasteiger partial charge in [0.05, 0.1) is 11.8 Å². The Bertz CT molecular complexity index is 841. The molecule has 1 unspecified atom stereocenters. The van der Waals surface area contributed by atoms with Gasteiger partial charge in [-0.05, 0) is 17.9 Å². The number of thioether (sulfide) groups is 1. The van der Waals surface area contributed by atoms with Crippen LogP contribution in [0.5, 0.6) is 0 Å². The van der Waals surface area contributed by atoms with Crippen molar-refractivity contribution >= 4 is 17.7 Å². The minimum Gasteiger partial charge on any atom is -0.344 e. The predicted molar refractivity (Wildman–Crippen MR) is 112 cm³/mol. The highest BCUT2D eigenvalue weighted by Gasteiger charge is 2.20. The summed E-state index contributed by atoms with van der Waals surface area (Å²) in [6.45, 7) is 13.0. The van der Waals surface area contributed by atoms with Crippen molar-refractivity contribution < 1.29 is 4.79 Å². The molecule has 0 spiro atoms. The Hall–Kier alpha value is -2.52. The van der Waals surface area contributed by atoms with Gasteiger partial charge in [-0.25, -0.2) is 0 Å². The zero-order chi connectivity index (χ0) is 20.0. The molecule has 0 aliphatic rings. The Morgan fingerprint density at radius 3 is 2.59 bits per heavy atom. The van der Waals surface area contributed by atoms with Gasteiger partial charge < -0.3 is 5.32 Å². The first-order valence-corrected chi connectivity index (χ1v) is 9.68. The summed E-state index contributed by atoms with van der Waals surface area (Å²) in [6.07, 6.45) is 6.98. The molecule has 2 rings (SSSR count). The maximum absolute atomic E-state index is 12.1. The maximum atomic E-state index is 12.1. The van der Waals surface area contributed by atoms with Gasteiger partial charge in [0.25, 0.3) is 0 Å². The third-order valence-electron chi connectivity index (χ3n) is 4.05. The van der Waals surface area contributed by atoms with E-state index in [2.05, 4.69) is 73.1 Å². The third kappa shape index (κ3) is 5.24. The Kier molecular flexibility index (Phi) is 6.86. The normalized spacial score (nSPS) is 12.3. The first-order valence-electron chi connectivity index (χ1n) is 8.80. The molecular weight excluding hydrogens is 356 g/mol. The zero-order valence-electron chi connectivity index (χ0n) is 16.3. The lowest BCUT2D eigenvalue weighted by Crippen LogP contribution is -2.31. The number of allylic oxidation sites excluding steroid dienone is 1. The number of amides is 1. The molecule has 1 amide bonds. The van der Waals surface area contributed by atoms with Crippen molar-refractivity contribution in [3.8, 4) is 23.7 Å². The summed E-state index contributed by atoms with van der Waals surface area (Å²) < 4.78 is 1.97. The quantitative estimate of drug-likeness (QED) is 0.451. The number of terminal acetylenes is 1. The zero-order valence-corrected chi connectivity index (χ0v) is 17.1. The topological polar surface area (TPSA) is 59.8 Å². The van der Waals surface area contributed by atoms with Gasteiger partial charge in [0.1, 0.15) is 0 Å². The molecule has 142 valence electrons. The molecule has 0 fully saturated rings. The van der Waals surface area contributed by atoms with Crippen LogP contribution in [-0.2, 0) is 16.8 Å². The van der Waals surface area contributed by atoms with E-state index in [4.69, 9.17) is 6.42 Å². The minimum atomic E-state index is -0.331. The SMILES string of the molecule is C#CCNC(=O)C(C)Sc1nnc(-c2ccc(C(C)(C)C)cc2)n1CC=C. The summed E-state index contributed by atoms with van der Waals surface area (Å²) in [5, 5.41) is 11.7. The lowest BCUT2D eigenvalue weighted by atomic mass is 9.87. The number of carbonyl (C=O) groups is 1. The van der Waals surface area contributed by atoms with Crippen LogP contribution in [0.1, 0.15) is 33.3 Å². The van der Waals surface area contributed by atoms with Crippen LogP contribution < -0.4 is 5.32 Å². The van der Waals surface area contributed by atoms with E-state index in [0.29, 0.717) is 11.7 Å². The molecule has 1 N–H and O–H groups in total. The van der Waals surface area contributed by atoms with E-state index in [1.54, 1.807) is 6.08 Å². The number of nitrogens with one attached hydrogen (secondary N) is 1. The summed E-state index contributed by atoms with van der Waals surface area (Å²) in [7, 11) is 0. The maximum Gasteiger partial charge on any atom is 0.234 e. The van der Waals surface area contributed by atoms with Gasteiger partial charge in [0.15, 0.2) is 11.0 Å². The van der Waals surface area contributed by atoms with Gasteiger partial charge in [-0.1, -0.05) is 68.8 Å². The number of rotatable bonds is 7. The molecule has 6 heteroatoms. The number of carbonyl (C=O) groups excluding carboxylic acids is 1. The molecule has 2 aromatic rings. The van der Waals surface area contributed by atoms with Crippen molar-refractivity contribution in [1.82, 2.24) is 20.1 Å². The van der Waals surface area contributed by atoms with Crippen LogP contribution in [0, 0.1) is 12.3 Å². The highest BCUT2D eigenvalue weighted by molar-refractivity contribution is 8.00. The molecule has 0 aliphatic carbocycles. The summed E-state index contributed by atoms with van der Waals surface area (Å²) in [4.78, 5) is 12.1. The Morgan fingerprint density at radius 1 is 1.37 bits per heavy atom. The number of aromatic nitrogens is 3. The van der Waals surface area contributed by atoms with Crippen molar-refractivity contribution in [2.24, 2.45) is 0 Å². The lowest BCUT2D eigenvalue weighted by molar-refractivity contribution is -0.120. The van der Waals surface area contributed by atoms with Crippen LogP contribution in [-0.4, -0.2) is 32.5 Å². The Balaban J connectivity index is 2.28. The van der Waals surface area contributed by atoms with Crippen molar-refractivity contribution in [2.45, 2.75) is 50.1 Å². The molecular formula is C21H26N4OS. The fourth-order valence-electron chi connectivity index (χ4n) is 2.50. The Morgan fingerprint density at radius 2 is 2.04 bits per heavy atom. The van der Waals surface area contributed by atoms with E-state index in [0.717, 1.165) is 11.4 Å². The van der Waals surface area contributed by atoms with Crippen molar-refractivity contribution in [2.75, 3.05) is 6.54 Å². The smallest absolute Gasteiger partial charge is 0.234 e. The van der Waals surface area contributed by atoms with Crippen LogP contribution in [0.4, 0.5) is 0 Å². The number of hydrogen-bond acceptors (Lipinski definition) is 4. The standard InChI is InChI=1S/C21H26N4OS/c1-7-13-22-19(26)15(3)27-20-24-23-18(25(20)14-8-2)16-9-11-17(12-10-16)21(4,5)6/h1,8-12,15H,2,13-14H2,3-6H3,(H,22,26). The lowest BCUT2D eigenvalue weighted by Gasteiger charge is -2.19. The van der Waals surface area contributed by atoms with Crippen molar-refractivity contribution in [1.29, 1.82) is 0 Å². The van der Waals surface area contributed by atoms with E-state index >= 15 is 0 Å². The number of benzene rings is 1. The molecule has 1 aromatic carbocycles. The molecule has 1 atom stereocenters. The first-order chi connectivity index (χ1) is 12.8. The molecule has 27 heavy (non-hydrogen) atoms. The molecule has 1 aromatic heterocycles. The van der Waals surface area contributed by atoms with Gasteiger partial charge in [-0.15, -0.1) is 23.2 Å². The monoisotopic (exact) mass is 382 g/mol. The van der Waals surface area contributed by atoms with Crippen LogP contribution in [0.3, 0.4) is 0 Å². The van der Waals surface area contributed by atoms with Crippen LogP contribution in [0.2, 0.25) is 0 Å². The summed E-state index contributed by atoms with van der Waals surface area (Å²) >= 11 is 1.35. The predicted octanol–water partition coefficient (Wildman–Crippen LogP) is 3.66. The second-order valence-electron chi connectivity index (χ2n) is 7.21. The highest BCUT2D eigenvalue weighted by atomic mass is 32.2. The molecule has 5 nitrogen and oxygen atoms in total. The summed E-state index contributed by atoms with van der Waals surface area (Å²) in [6, 6.07) is 8.35. The highest BCUT2D eigenvalue weighted by Crippen LogP contribution is 2.29. The van der Waals surface area contributed by atoms with E-state index in [1.165, 1.54) is 17.3 Å². The van der Waals surface area contributed by atoms with Gasteiger partial charge in [-0.3, -0.25) is 9.36 Å². The van der Waals surface area contributed by atoms with Crippen molar-refractivity contribution in [3.05, 3.63) is 42.5 Å².